The van der Waals surface area contributed by atoms with Crippen molar-refractivity contribution in [3.8, 4) is 0 Å². The van der Waals surface area contributed by atoms with Gasteiger partial charge in [-0.2, -0.15) is 0 Å². The Morgan fingerprint density at radius 3 is 2.31 bits per heavy atom. The second kappa shape index (κ2) is 3.50. The van der Waals surface area contributed by atoms with Crippen molar-refractivity contribution in [1.82, 2.24) is 0 Å². The molecule has 0 amide bonds. The summed E-state index contributed by atoms with van der Waals surface area (Å²) in [5.41, 5.74) is 5.35. The Balaban J connectivity index is 2.49. The van der Waals surface area contributed by atoms with Crippen LogP contribution in [0.25, 0.3) is 0 Å². The predicted octanol–water partition coefficient (Wildman–Crippen LogP) is 1.97. The fourth-order valence-corrected chi connectivity index (χ4v) is 2.06. The van der Waals surface area contributed by atoms with Crippen LogP contribution < -0.4 is 5.73 Å². The highest BCUT2D eigenvalue weighted by atomic mass is 19.1. The van der Waals surface area contributed by atoms with Crippen LogP contribution in [0.4, 0.5) is 8.78 Å². The van der Waals surface area contributed by atoms with E-state index in [-0.39, 0.29) is 0 Å². The zero-order valence-corrected chi connectivity index (χ0v) is 9.39. The lowest BCUT2D eigenvalue weighted by molar-refractivity contribution is -0.0935. The van der Waals surface area contributed by atoms with Gasteiger partial charge in [0.05, 0.1) is 18.6 Å². The Kier molecular flexibility index (Phi) is 2.51. The first-order chi connectivity index (χ1) is 7.37. The van der Waals surface area contributed by atoms with Crippen LogP contribution >= 0.6 is 0 Å². The Labute approximate surface area is 93.4 Å². The molecule has 0 unspecified atom stereocenters. The van der Waals surface area contributed by atoms with Crippen LogP contribution in [0.5, 0.6) is 0 Å². The number of nitrogens with two attached hydrogens (primary N) is 1. The molecule has 0 atom stereocenters. The molecule has 1 fully saturated rings. The fraction of sp³-hybridized carbons (Fsp3) is 0.500. The van der Waals surface area contributed by atoms with Gasteiger partial charge in [-0.05, 0) is 19.9 Å². The van der Waals surface area contributed by atoms with Gasteiger partial charge in [-0.1, -0.05) is 6.07 Å². The van der Waals surface area contributed by atoms with Gasteiger partial charge in [0, 0.05) is 17.2 Å². The number of ether oxygens (including phenoxy) is 1. The van der Waals surface area contributed by atoms with Crippen molar-refractivity contribution in [2.75, 3.05) is 13.2 Å². The molecule has 4 heteroatoms. The van der Waals surface area contributed by atoms with Crippen molar-refractivity contribution in [3.05, 3.63) is 35.4 Å². The van der Waals surface area contributed by atoms with E-state index in [2.05, 4.69) is 0 Å². The third-order valence-corrected chi connectivity index (χ3v) is 3.38. The molecule has 0 aliphatic carbocycles. The summed E-state index contributed by atoms with van der Waals surface area (Å²) >= 11 is 0. The maximum atomic E-state index is 13.7. The van der Waals surface area contributed by atoms with Crippen LogP contribution in [-0.4, -0.2) is 18.8 Å². The maximum Gasteiger partial charge on any atom is 0.130 e. The van der Waals surface area contributed by atoms with E-state index >= 15 is 0 Å². The molecule has 0 radical (unpaired) electrons. The standard InChI is InChI=1S/C12H15F2NO/c1-11(2,15)12(6-16-7-12)9-4-3-8(13)5-10(9)14/h3-5H,6-7,15H2,1-2H3. The van der Waals surface area contributed by atoms with Gasteiger partial charge < -0.3 is 10.5 Å². The molecule has 88 valence electrons. The van der Waals surface area contributed by atoms with Crippen LogP contribution in [0, 0.1) is 11.6 Å². The SMILES string of the molecule is CC(C)(N)C1(c2ccc(F)cc2F)COC1. The monoisotopic (exact) mass is 227 g/mol. The molecule has 0 aromatic heterocycles. The van der Waals surface area contributed by atoms with Crippen LogP contribution in [0.15, 0.2) is 18.2 Å². The van der Waals surface area contributed by atoms with E-state index in [1.54, 1.807) is 0 Å². The molecule has 1 heterocycles. The first-order valence-electron chi connectivity index (χ1n) is 5.19. The summed E-state index contributed by atoms with van der Waals surface area (Å²) in [7, 11) is 0. The predicted molar refractivity (Wildman–Crippen MR) is 57.1 cm³/mol. The molecule has 16 heavy (non-hydrogen) atoms. The Morgan fingerprint density at radius 2 is 1.94 bits per heavy atom. The number of halogens is 2. The molecule has 1 aliphatic heterocycles. The first kappa shape index (κ1) is 11.5. The maximum absolute atomic E-state index is 13.7. The Morgan fingerprint density at radius 1 is 1.31 bits per heavy atom. The van der Waals surface area contributed by atoms with E-state index in [9.17, 15) is 8.78 Å². The van der Waals surface area contributed by atoms with Gasteiger partial charge in [-0.15, -0.1) is 0 Å². The lowest BCUT2D eigenvalue weighted by Gasteiger charge is -2.51. The van der Waals surface area contributed by atoms with E-state index in [0.29, 0.717) is 18.8 Å². The molecule has 2 nitrogen and oxygen atoms in total. The second-order valence-electron chi connectivity index (χ2n) is 4.92. The lowest BCUT2D eigenvalue weighted by Crippen LogP contribution is -2.65. The molecular weight excluding hydrogens is 212 g/mol. The lowest BCUT2D eigenvalue weighted by atomic mass is 9.65. The van der Waals surface area contributed by atoms with Gasteiger partial charge in [0.1, 0.15) is 11.6 Å². The van der Waals surface area contributed by atoms with Gasteiger partial charge in [0.2, 0.25) is 0 Å². The van der Waals surface area contributed by atoms with E-state index in [1.165, 1.54) is 12.1 Å². The van der Waals surface area contributed by atoms with Crippen molar-refractivity contribution >= 4 is 0 Å². The van der Waals surface area contributed by atoms with Crippen molar-refractivity contribution < 1.29 is 13.5 Å². The largest absolute Gasteiger partial charge is 0.379 e. The van der Waals surface area contributed by atoms with Crippen molar-refractivity contribution in [1.29, 1.82) is 0 Å². The van der Waals surface area contributed by atoms with E-state index in [1.807, 2.05) is 13.8 Å². The number of hydrogen-bond donors (Lipinski definition) is 1. The number of hydrogen-bond acceptors (Lipinski definition) is 2. The van der Waals surface area contributed by atoms with Gasteiger partial charge in [-0.3, -0.25) is 0 Å². The van der Waals surface area contributed by atoms with Crippen molar-refractivity contribution in [3.63, 3.8) is 0 Å². The van der Waals surface area contributed by atoms with Gasteiger partial charge in [-0.25, -0.2) is 8.78 Å². The molecule has 1 aromatic rings. The average molecular weight is 227 g/mol. The minimum Gasteiger partial charge on any atom is -0.379 e. The van der Waals surface area contributed by atoms with Crippen LogP contribution in [0.1, 0.15) is 19.4 Å². The van der Waals surface area contributed by atoms with E-state index < -0.39 is 22.6 Å². The molecular formula is C12H15F2NO. The topological polar surface area (TPSA) is 35.2 Å². The summed E-state index contributed by atoms with van der Waals surface area (Å²) in [4.78, 5) is 0. The number of rotatable bonds is 2. The van der Waals surface area contributed by atoms with Crippen LogP contribution in [-0.2, 0) is 10.2 Å². The summed E-state index contributed by atoms with van der Waals surface area (Å²) in [6.45, 7) is 4.41. The Bertz CT molecular complexity index is 408. The fourth-order valence-electron chi connectivity index (χ4n) is 2.06. The van der Waals surface area contributed by atoms with Crippen LogP contribution in [0.2, 0.25) is 0 Å². The highest BCUT2D eigenvalue weighted by Gasteiger charge is 2.51. The van der Waals surface area contributed by atoms with E-state index in [0.717, 1.165) is 6.07 Å². The third-order valence-electron chi connectivity index (χ3n) is 3.38. The normalized spacial score (nSPS) is 19.3. The van der Waals surface area contributed by atoms with Gasteiger partial charge >= 0.3 is 0 Å². The molecule has 1 saturated heterocycles. The highest BCUT2D eigenvalue weighted by molar-refractivity contribution is 5.34. The molecule has 2 N–H and O–H groups in total. The summed E-state index contributed by atoms with van der Waals surface area (Å²) in [6, 6.07) is 3.60. The quantitative estimate of drug-likeness (QED) is 0.838. The summed E-state index contributed by atoms with van der Waals surface area (Å²) < 4.78 is 31.8. The minimum atomic E-state index is -0.607. The average Bonchev–Trinajstić information content (AvgIpc) is 2.04. The summed E-state index contributed by atoms with van der Waals surface area (Å²) in [5, 5.41) is 0. The van der Waals surface area contributed by atoms with Crippen molar-refractivity contribution in [2.45, 2.75) is 24.8 Å². The minimum absolute atomic E-state index is 0.374. The molecule has 1 aromatic carbocycles. The third kappa shape index (κ3) is 1.53. The zero-order chi connectivity index (χ0) is 12.0. The second-order valence-corrected chi connectivity index (χ2v) is 4.92. The highest BCUT2D eigenvalue weighted by Crippen LogP contribution is 2.41. The molecule has 0 saturated carbocycles. The van der Waals surface area contributed by atoms with Crippen molar-refractivity contribution in [2.24, 2.45) is 5.73 Å². The van der Waals surface area contributed by atoms with Gasteiger partial charge in [0.15, 0.2) is 0 Å². The smallest absolute Gasteiger partial charge is 0.130 e. The first-order valence-corrected chi connectivity index (χ1v) is 5.19. The molecule has 1 aliphatic rings. The summed E-state index contributed by atoms with van der Waals surface area (Å²) in [5.74, 6) is -1.13. The van der Waals surface area contributed by atoms with E-state index in [4.69, 9.17) is 10.5 Å². The van der Waals surface area contributed by atoms with Gasteiger partial charge in [0.25, 0.3) is 0 Å². The molecule has 0 bridgehead atoms. The molecule has 2 rings (SSSR count). The zero-order valence-electron chi connectivity index (χ0n) is 9.39. The summed E-state index contributed by atoms with van der Waals surface area (Å²) in [6.07, 6.45) is 0. The molecule has 0 spiro atoms. The number of benzene rings is 1. The Hall–Kier alpha value is -1.00. The van der Waals surface area contributed by atoms with Crippen LogP contribution in [0.3, 0.4) is 0 Å².